The fourth-order valence-electron chi connectivity index (χ4n) is 6.54. The third kappa shape index (κ3) is 37.3. The number of carbonyl (C=O) groups is 2. The molecule has 0 bridgehead atoms. The van der Waals surface area contributed by atoms with Crippen LogP contribution in [0.2, 0.25) is 0 Å². The molecule has 0 aromatic rings. The standard InChI is InChI=1S/C41H80O4/c1-3-5-7-9-10-11-12-13-18-21-24-27-30-34-38-41(44)45-39(35-31-8-6-4-2)36-32-28-25-22-19-16-14-15-17-20-23-26-29-33-37-40(42)43/h39H,3-38H2,1-2H3,(H,42,43). The van der Waals surface area contributed by atoms with Crippen LogP contribution in [0.5, 0.6) is 0 Å². The van der Waals surface area contributed by atoms with Crippen molar-refractivity contribution in [2.45, 2.75) is 251 Å². The molecule has 4 heteroatoms. The van der Waals surface area contributed by atoms with Crippen LogP contribution in [0, 0.1) is 0 Å². The molecule has 0 radical (unpaired) electrons. The zero-order chi connectivity index (χ0) is 32.9. The number of ether oxygens (including phenoxy) is 1. The van der Waals surface area contributed by atoms with Gasteiger partial charge in [-0.25, -0.2) is 0 Å². The van der Waals surface area contributed by atoms with Gasteiger partial charge in [-0.3, -0.25) is 9.59 Å². The molecule has 45 heavy (non-hydrogen) atoms. The van der Waals surface area contributed by atoms with Gasteiger partial charge in [0.2, 0.25) is 0 Å². The van der Waals surface area contributed by atoms with Gasteiger partial charge in [0.05, 0.1) is 0 Å². The number of unbranched alkanes of at least 4 members (excludes halogenated alkanes) is 29. The number of rotatable bonds is 38. The third-order valence-electron chi connectivity index (χ3n) is 9.58. The molecule has 0 aliphatic rings. The zero-order valence-electron chi connectivity index (χ0n) is 30.7. The maximum absolute atomic E-state index is 12.6. The van der Waals surface area contributed by atoms with E-state index in [0.29, 0.717) is 12.8 Å². The highest BCUT2D eigenvalue weighted by Crippen LogP contribution is 2.19. The molecule has 268 valence electrons. The first-order chi connectivity index (χ1) is 22.1. The van der Waals surface area contributed by atoms with Crippen molar-refractivity contribution in [2.24, 2.45) is 0 Å². The predicted octanol–water partition coefficient (Wildman–Crippen LogP) is 14.1. The van der Waals surface area contributed by atoms with Crippen molar-refractivity contribution in [1.82, 2.24) is 0 Å². The van der Waals surface area contributed by atoms with E-state index in [2.05, 4.69) is 13.8 Å². The van der Waals surface area contributed by atoms with Crippen LogP contribution in [-0.2, 0) is 14.3 Å². The van der Waals surface area contributed by atoms with Crippen LogP contribution in [0.15, 0.2) is 0 Å². The molecule has 0 aromatic carbocycles. The molecule has 0 saturated carbocycles. The minimum absolute atomic E-state index is 0.0487. The topological polar surface area (TPSA) is 63.6 Å². The Morgan fingerprint density at radius 2 is 0.667 bits per heavy atom. The van der Waals surface area contributed by atoms with Gasteiger partial charge in [-0.05, 0) is 38.5 Å². The molecule has 0 amide bonds. The van der Waals surface area contributed by atoms with E-state index >= 15 is 0 Å². The van der Waals surface area contributed by atoms with E-state index in [4.69, 9.17) is 9.84 Å². The summed E-state index contributed by atoms with van der Waals surface area (Å²) in [4.78, 5) is 23.1. The average molecular weight is 637 g/mol. The summed E-state index contributed by atoms with van der Waals surface area (Å²) in [6.45, 7) is 4.54. The van der Waals surface area contributed by atoms with Gasteiger partial charge in [-0.15, -0.1) is 0 Å². The Kier molecular flexibility index (Phi) is 36.5. The summed E-state index contributed by atoms with van der Waals surface area (Å²) in [5.74, 6) is -0.615. The molecule has 0 aromatic heterocycles. The van der Waals surface area contributed by atoms with E-state index in [-0.39, 0.29) is 12.1 Å². The van der Waals surface area contributed by atoms with E-state index in [1.165, 1.54) is 186 Å². The maximum Gasteiger partial charge on any atom is 0.306 e. The van der Waals surface area contributed by atoms with Gasteiger partial charge >= 0.3 is 11.9 Å². The van der Waals surface area contributed by atoms with Gasteiger partial charge in [-0.2, -0.15) is 0 Å². The molecule has 1 N–H and O–H groups in total. The van der Waals surface area contributed by atoms with Gasteiger partial charge in [0, 0.05) is 12.8 Å². The fourth-order valence-corrected chi connectivity index (χ4v) is 6.54. The highest BCUT2D eigenvalue weighted by molar-refractivity contribution is 5.69. The number of esters is 1. The summed E-state index contributed by atoms with van der Waals surface area (Å²) < 4.78 is 6.01. The molecule has 0 aliphatic heterocycles. The number of aliphatic carboxylic acids is 1. The molecule has 0 fully saturated rings. The second kappa shape index (κ2) is 37.4. The number of carbonyl (C=O) groups excluding carboxylic acids is 1. The molecule has 4 nitrogen and oxygen atoms in total. The van der Waals surface area contributed by atoms with Gasteiger partial charge < -0.3 is 9.84 Å². The Labute approximate surface area is 282 Å². The molecular weight excluding hydrogens is 556 g/mol. The van der Waals surface area contributed by atoms with Crippen molar-refractivity contribution in [3.8, 4) is 0 Å². The Balaban J connectivity index is 3.74. The Bertz CT molecular complexity index is 604. The molecule has 0 spiro atoms. The highest BCUT2D eigenvalue weighted by atomic mass is 16.5. The summed E-state index contributed by atoms with van der Waals surface area (Å²) in [5.41, 5.74) is 0. The first-order valence-corrected chi connectivity index (χ1v) is 20.5. The summed E-state index contributed by atoms with van der Waals surface area (Å²) in [6.07, 6.45) is 44.4. The molecule has 0 rings (SSSR count). The normalized spacial score (nSPS) is 12.0. The van der Waals surface area contributed by atoms with Crippen molar-refractivity contribution in [2.75, 3.05) is 0 Å². The van der Waals surface area contributed by atoms with E-state index in [0.717, 1.165) is 32.1 Å². The van der Waals surface area contributed by atoms with E-state index < -0.39 is 5.97 Å². The van der Waals surface area contributed by atoms with E-state index in [1.54, 1.807) is 0 Å². The largest absolute Gasteiger partial charge is 0.481 e. The maximum atomic E-state index is 12.6. The summed E-state index contributed by atoms with van der Waals surface area (Å²) in [7, 11) is 0. The summed E-state index contributed by atoms with van der Waals surface area (Å²) in [6, 6.07) is 0. The Hall–Kier alpha value is -1.06. The van der Waals surface area contributed by atoms with Crippen molar-refractivity contribution < 1.29 is 19.4 Å². The molecule has 0 saturated heterocycles. The Morgan fingerprint density at radius 1 is 0.400 bits per heavy atom. The summed E-state index contributed by atoms with van der Waals surface area (Å²) in [5, 5.41) is 8.68. The van der Waals surface area contributed by atoms with Crippen LogP contribution >= 0.6 is 0 Å². The lowest BCUT2D eigenvalue weighted by molar-refractivity contribution is -0.150. The number of hydrogen-bond acceptors (Lipinski definition) is 3. The lowest BCUT2D eigenvalue weighted by Gasteiger charge is -2.18. The Morgan fingerprint density at radius 3 is 1.00 bits per heavy atom. The van der Waals surface area contributed by atoms with Gasteiger partial charge in [0.15, 0.2) is 0 Å². The van der Waals surface area contributed by atoms with E-state index in [1.807, 2.05) is 0 Å². The number of hydrogen-bond donors (Lipinski definition) is 1. The van der Waals surface area contributed by atoms with Crippen molar-refractivity contribution >= 4 is 11.9 Å². The minimum atomic E-state index is -0.664. The smallest absolute Gasteiger partial charge is 0.306 e. The van der Waals surface area contributed by atoms with Gasteiger partial charge in [0.1, 0.15) is 6.10 Å². The minimum Gasteiger partial charge on any atom is -0.481 e. The molecule has 1 unspecified atom stereocenters. The van der Waals surface area contributed by atoms with Crippen LogP contribution in [0.25, 0.3) is 0 Å². The van der Waals surface area contributed by atoms with Gasteiger partial charge in [0.25, 0.3) is 0 Å². The fraction of sp³-hybridized carbons (Fsp3) is 0.951. The highest BCUT2D eigenvalue weighted by Gasteiger charge is 2.14. The quantitative estimate of drug-likeness (QED) is 0.0541. The van der Waals surface area contributed by atoms with Crippen molar-refractivity contribution in [3.63, 3.8) is 0 Å². The third-order valence-corrected chi connectivity index (χ3v) is 9.58. The van der Waals surface area contributed by atoms with Crippen LogP contribution < -0.4 is 0 Å². The van der Waals surface area contributed by atoms with Crippen LogP contribution in [0.1, 0.15) is 245 Å². The zero-order valence-corrected chi connectivity index (χ0v) is 30.7. The van der Waals surface area contributed by atoms with Crippen LogP contribution in [0.4, 0.5) is 0 Å². The van der Waals surface area contributed by atoms with Crippen LogP contribution in [0.3, 0.4) is 0 Å². The molecule has 0 aliphatic carbocycles. The number of carboxylic acid groups (broad SMARTS) is 1. The molecular formula is C41H80O4. The predicted molar refractivity (Wildman–Crippen MR) is 195 cm³/mol. The lowest BCUT2D eigenvalue weighted by atomic mass is 10.0. The van der Waals surface area contributed by atoms with Crippen LogP contribution in [-0.4, -0.2) is 23.1 Å². The van der Waals surface area contributed by atoms with Gasteiger partial charge in [-0.1, -0.05) is 194 Å². The second-order valence-electron chi connectivity index (χ2n) is 14.2. The average Bonchev–Trinajstić information content (AvgIpc) is 3.02. The first kappa shape index (κ1) is 43.9. The number of carboxylic acids is 1. The molecule has 1 atom stereocenters. The van der Waals surface area contributed by atoms with E-state index in [9.17, 15) is 9.59 Å². The first-order valence-electron chi connectivity index (χ1n) is 20.5. The second-order valence-corrected chi connectivity index (χ2v) is 14.2. The monoisotopic (exact) mass is 637 g/mol. The summed E-state index contributed by atoms with van der Waals surface area (Å²) >= 11 is 0. The van der Waals surface area contributed by atoms with Crippen molar-refractivity contribution in [1.29, 1.82) is 0 Å². The molecule has 0 heterocycles. The van der Waals surface area contributed by atoms with Crippen molar-refractivity contribution in [3.05, 3.63) is 0 Å². The lowest BCUT2D eigenvalue weighted by Crippen LogP contribution is -2.18. The SMILES string of the molecule is CCCCCCCCCCCCCCCCC(=O)OC(CCCCCC)CCCCCCCCCCCCCCCCC(=O)O.